The van der Waals surface area contributed by atoms with E-state index in [1.165, 1.54) is 7.05 Å². The quantitative estimate of drug-likeness (QED) is 0.594. The van der Waals surface area contributed by atoms with Crippen molar-refractivity contribution in [3.05, 3.63) is 60.1 Å². The van der Waals surface area contributed by atoms with Gasteiger partial charge in [-0.25, -0.2) is 4.98 Å². The summed E-state index contributed by atoms with van der Waals surface area (Å²) in [6, 6.07) is 8.46. The number of carbonyl (C=O) groups excluding carboxylic acids is 1. The Bertz CT molecular complexity index is 835. The fourth-order valence-corrected chi connectivity index (χ4v) is 2.63. The summed E-state index contributed by atoms with van der Waals surface area (Å²) in [6.45, 7) is 6.58. The van der Waals surface area contributed by atoms with Crippen LogP contribution in [0.5, 0.6) is 11.6 Å². The topological polar surface area (TPSA) is 90.1 Å². The second-order valence-corrected chi connectivity index (χ2v) is 6.58. The molecule has 3 N–H and O–H groups in total. The first-order valence-electron chi connectivity index (χ1n) is 10.4. The number of nitrogens with zero attached hydrogens (tertiary/aromatic N) is 2. The summed E-state index contributed by atoms with van der Waals surface area (Å²) in [5, 5.41) is 2.91. The summed E-state index contributed by atoms with van der Waals surface area (Å²) in [5.41, 5.74) is 4.52. The van der Waals surface area contributed by atoms with Crippen molar-refractivity contribution in [3.63, 3.8) is 0 Å². The van der Waals surface area contributed by atoms with Crippen LogP contribution in [0.2, 0.25) is 0 Å². The van der Waals surface area contributed by atoms with Gasteiger partial charge in [0.2, 0.25) is 11.7 Å². The predicted molar refractivity (Wildman–Crippen MR) is 118 cm³/mol. The van der Waals surface area contributed by atoms with E-state index in [1.807, 2.05) is 32.9 Å². The van der Waals surface area contributed by atoms with Gasteiger partial charge in [0.05, 0.1) is 6.04 Å². The maximum atomic E-state index is 13.6. The minimum atomic E-state index is -3.24. The molecule has 0 saturated heterocycles. The number of aromatic nitrogens is 2. The molecule has 1 saturated carbocycles. The van der Waals surface area contributed by atoms with Crippen molar-refractivity contribution in [2.24, 2.45) is 11.7 Å². The molecule has 3 rings (SSSR count). The maximum Gasteiger partial charge on any atom is 0.303 e. The molecule has 6 nitrogen and oxygen atoms in total. The fourth-order valence-electron chi connectivity index (χ4n) is 2.63. The second kappa shape index (κ2) is 12.7. The number of alkyl halides is 2. The van der Waals surface area contributed by atoms with Gasteiger partial charge in [-0.15, -0.1) is 0 Å². The molecular weight excluding hydrogens is 402 g/mol. The Morgan fingerprint density at radius 2 is 1.87 bits per heavy atom. The van der Waals surface area contributed by atoms with Crippen LogP contribution in [0.15, 0.2) is 48.7 Å². The van der Waals surface area contributed by atoms with Gasteiger partial charge in [0.15, 0.2) is 0 Å². The Balaban J connectivity index is 0.00000113. The molecule has 1 aliphatic rings. The van der Waals surface area contributed by atoms with Gasteiger partial charge in [-0.1, -0.05) is 44.2 Å². The van der Waals surface area contributed by atoms with E-state index in [-0.39, 0.29) is 17.5 Å². The highest BCUT2D eigenvalue weighted by Gasteiger charge is 2.33. The Hall–Kier alpha value is -2.87. The number of rotatable bonds is 7. The summed E-state index contributed by atoms with van der Waals surface area (Å²) >= 11 is 0. The molecule has 1 fully saturated rings. The number of halogens is 2. The third-order valence-electron chi connectivity index (χ3n) is 4.18. The summed E-state index contributed by atoms with van der Waals surface area (Å²) in [6.07, 6.45) is 6.97. The number of allylic oxidation sites excluding steroid dienone is 1. The van der Waals surface area contributed by atoms with Gasteiger partial charge in [0, 0.05) is 13.1 Å². The summed E-state index contributed by atoms with van der Waals surface area (Å²) in [7, 11) is 1.50. The summed E-state index contributed by atoms with van der Waals surface area (Å²) < 4.78 is 32.9. The van der Waals surface area contributed by atoms with E-state index in [1.54, 1.807) is 30.3 Å². The first-order valence-corrected chi connectivity index (χ1v) is 10.4. The minimum Gasteiger partial charge on any atom is -0.438 e. The number of nitrogens with two attached hydrogens (primary N) is 1. The molecule has 1 heterocycles. The number of benzene rings is 1. The molecule has 2 aromatic rings. The number of nitrogens with one attached hydrogen (secondary N) is 1. The monoisotopic (exact) mass is 434 g/mol. The lowest BCUT2D eigenvalue weighted by molar-refractivity contribution is 0.00707. The molecule has 0 aliphatic heterocycles. The van der Waals surface area contributed by atoms with Crippen LogP contribution in [0.25, 0.3) is 0 Å². The van der Waals surface area contributed by atoms with Crippen LogP contribution >= 0.6 is 0 Å². The lowest BCUT2D eigenvalue weighted by atomic mass is 10.1. The van der Waals surface area contributed by atoms with E-state index in [4.69, 9.17) is 4.74 Å². The van der Waals surface area contributed by atoms with Crippen molar-refractivity contribution < 1.29 is 18.3 Å². The van der Waals surface area contributed by atoms with Gasteiger partial charge in [0.1, 0.15) is 11.3 Å². The maximum absolute atomic E-state index is 13.6. The van der Waals surface area contributed by atoms with Gasteiger partial charge in [-0.3, -0.25) is 4.79 Å². The average molecular weight is 435 g/mol. The zero-order valence-corrected chi connectivity index (χ0v) is 18.7. The van der Waals surface area contributed by atoms with Gasteiger partial charge >= 0.3 is 5.92 Å². The number of hydrogen-bond acceptors (Lipinski definition) is 5. The van der Waals surface area contributed by atoms with Crippen LogP contribution in [-0.2, 0) is 5.92 Å². The van der Waals surface area contributed by atoms with Gasteiger partial charge in [-0.05, 0) is 44.9 Å². The van der Waals surface area contributed by atoms with Crippen molar-refractivity contribution in [2.45, 2.75) is 52.5 Å². The van der Waals surface area contributed by atoms with Gasteiger partial charge in [0.25, 0.3) is 5.91 Å². The molecule has 8 heteroatoms. The third kappa shape index (κ3) is 8.05. The first-order chi connectivity index (χ1) is 14.9. The molecule has 1 amide bonds. The largest absolute Gasteiger partial charge is 0.438 e. The molecule has 1 unspecified atom stereocenters. The van der Waals surface area contributed by atoms with Gasteiger partial charge < -0.3 is 15.8 Å². The summed E-state index contributed by atoms with van der Waals surface area (Å²) in [5.74, 6) is -3.81. The highest BCUT2D eigenvalue weighted by Crippen LogP contribution is 2.34. The van der Waals surface area contributed by atoms with E-state index in [9.17, 15) is 13.6 Å². The number of carbonyl (C=O) groups is 1. The SMILES string of the molecule is C/C=C/C(NC(=O)c1cnc(C(C)(F)F)nc1Oc1ccccc1)C1CC1.CC.CN. The van der Waals surface area contributed by atoms with E-state index in [0.29, 0.717) is 18.6 Å². The Kier molecular flexibility index (Phi) is 10.8. The highest BCUT2D eigenvalue weighted by atomic mass is 19.3. The van der Waals surface area contributed by atoms with Crippen LogP contribution in [0, 0.1) is 5.92 Å². The molecule has 0 spiro atoms. The van der Waals surface area contributed by atoms with Crippen molar-refractivity contribution in [1.29, 1.82) is 0 Å². The van der Waals surface area contributed by atoms with E-state index >= 15 is 0 Å². The molecule has 1 atom stereocenters. The van der Waals surface area contributed by atoms with Crippen molar-refractivity contribution in [3.8, 4) is 11.6 Å². The van der Waals surface area contributed by atoms with Crippen molar-refractivity contribution in [1.82, 2.24) is 15.3 Å². The average Bonchev–Trinajstić information content (AvgIpc) is 3.62. The molecule has 0 bridgehead atoms. The van der Waals surface area contributed by atoms with E-state index in [0.717, 1.165) is 19.0 Å². The normalized spacial score (nSPS) is 13.9. The summed E-state index contributed by atoms with van der Waals surface area (Å²) in [4.78, 5) is 20.2. The zero-order valence-electron chi connectivity index (χ0n) is 18.7. The predicted octanol–water partition coefficient (Wildman–Crippen LogP) is 5.07. The van der Waals surface area contributed by atoms with Gasteiger partial charge in [-0.2, -0.15) is 13.8 Å². The standard InChI is InChI=1S/C20H21F2N3O2.C2H6.CH5N/c1-3-7-16(13-10-11-13)24-17(26)15-12-23-19(20(2,21)22)25-18(15)27-14-8-5-4-6-9-14;2*1-2/h3-9,12-13,16H,10-11H2,1-2H3,(H,24,26);1-2H3;2H2,1H3/b7-3+;;. The zero-order chi connectivity index (χ0) is 23.4. The molecule has 1 aliphatic carbocycles. The Labute approximate surface area is 182 Å². The van der Waals surface area contributed by atoms with E-state index in [2.05, 4.69) is 21.0 Å². The molecular formula is C23H32F2N4O2. The van der Waals surface area contributed by atoms with Crippen LogP contribution in [0.3, 0.4) is 0 Å². The van der Waals surface area contributed by atoms with Crippen LogP contribution in [0.1, 0.15) is 56.7 Å². The number of hydrogen-bond donors (Lipinski definition) is 2. The number of para-hydroxylation sites is 1. The molecule has 170 valence electrons. The van der Waals surface area contributed by atoms with Crippen molar-refractivity contribution >= 4 is 5.91 Å². The third-order valence-corrected chi connectivity index (χ3v) is 4.18. The molecule has 0 radical (unpaired) electrons. The Morgan fingerprint density at radius 1 is 1.26 bits per heavy atom. The van der Waals surface area contributed by atoms with Crippen molar-refractivity contribution in [2.75, 3.05) is 7.05 Å². The first kappa shape index (κ1) is 26.2. The smallest absolute Gasteiger partial charge is 0.303 e. The van der Waals surface area contributed by atoms with Crippen LogP contribution in [0.4, 0.5) is 8.78 Å². The lowest BCUT2D eigenvalue weighted by Gasteiger charge is -2.17. The Morgan fingerprint density at radius 3 is 2.39 bits per heavy atom. The highest BCUT2D eigenvalue weighted by molar-refractivity contribution is 5.96. The minimum absolute atomic E-state index is 0.0157. The van der Waals surface area contributed by atoms with Crippen LogP contribution < -0.4 is 15.8 Å². The fraction of sp³-hybridized carbons (Fsp3) is 0.435. The molecule has 31 heavy (non-hydrogen) atoms. The van der Waals surface area contributed by atoms with E-state index < -0.39 is 17.7 Å². The molecule has 1 aromatic carbocycles. The lowest BCUT2D eigenvalue weighted by Crippen LogP contribution is -2.35. The number of ether oxygens (including phenoxy) is 1. The number of amides is 1. The second-order valence-electron chi connectivity index (χ2n) is 6.58. The molecule has 1 aromatic heterocycles. The van der Waals surface area contributed by atoms with Crippen LogP contribution in [-0.4, -0.2) is 29.0 Å².